The molecule has 1 aromatic carbocycles. The summed E-state index contributed by atoms with van der Waals surface area (Å²) in [6.07, 6.45) is 2.84. The maximum absolute atomic E-state index is 10.6. The number of hydrogen-bond donors (Lipinski definition) is 0. The summed E-state index contributed by atoms with van der Waals surface area (Å²) >= 11 is 11.0. The fraction of sp³-hybridized carbons (Fsp3) is 0.182. The summed E-state index contributed by atoms with van der Waals surface area (Å²) in [5.74, 6) is 0.677. The minimum atomic E-state index is -0.530. The van der Waals surface area contributed by atoms with Crippen molar-refractivity contribution in [1.29, 1.82) is 0 Å². The first-order chi connectivity index (χ1) is 7.13. The van der Waals surface area contributed by atoms with Crippen LogP contribution in [0.2, 0.25) is 5.02 Å². The molecule has 1 aromatic rings. The molecule has 0 fully saturated rings. The average Bonchev–Trinajstić information content (AvgIpc) is 2.18. The quantitative estimate of drug-likeness (QED) is 0.599. The van der Waals surface area contributed by atoms with Gasteiger partial charge in [0.25, 0.3) is 0 Å². The molecule has 0 saturated heterocycles. The zero-order valence-corrected chi connectivity index (χ0v) is 9.68. The Morgan fingerprint density at radius 3 is 2.87 bits per heavy atom. The molecule has 0 bridgehead atoms. The first kappa shape index (κ1) is 12.1. The van der Waals surface area contributed by atoms with Crippen molar-refractivity contribution in [1.82, 2.24) is 0 Å². The van der Waals surface area contributed by atoms with Crippen molar-refractivity contribution in [3.63, 3.8) is 0 Å². The topological polar surface area (TPSA) is 26.3 Å². The van der Waals surface area contributed by atoms with E-state index in [2.05, 4.69) is 0 Å². The summed E-state index contributed by atoms with van der Waals surface area (Å²) in [5.41, 5.74) is 0.735. The number of rotatable bonds is 4. The van der Waals surface area contributed by atoms with E-state index < -0.39 is 5.24 Å². The summed E-state index contributed by atoms with van der Waals surface area (Å²) in [6.45, 7) is 2.44. The number of hydrogen-bond acceptors (Lipinski definition) is 2. The fourth-order valence-electron chi connectivity index (χ4n) is 1.09. The maximum Gasteiger partial charge on any atom is 0.245 e. The highest BCUT2D eigenvalue weighted by atomic mass is 35.5. The van der Waals surface area contributed by atoms with Crippen LogP contribution < -0.4 is 4.74 Å². The van der Waals surface area contributed by atoms with Crippen molar-refractivity contribution in [3.8, 4) is 5.75 Å². The lowest BCUT2D eigenvalue weighted by atomic mass is 10.2. The normalized spacial score (nSPS) is 10.6. The highest BCUT2D eigenvalue weighted by Crippen LogP contribution is 2.24. The Labute approximate surface area is 98.4 Å². The predicted molar refractivity (Wildman–Crippen MR) is 62.5 cm³/mol. The van der Waals surface area contributed by atoms with Gasteiger partial charge in [0.05, 0.1) is 6.61 Å². The third kappa shape index (κ3) is 3.94. The van der Waals surface area contributed by atoms with Gasteiger partial charge in [-0.15, -0.1) is 0 Å². The number of halogens is 2. The van der Waals surface area contributed by atoms with Gasteiger partial charge in [-0.2, -0.15) is 0 Å². The van der Waals surface area contributed by atoms with Crippen molar-refractivity contribution in [2.24, 2.45) is 0 Å². The molecule has 0 unspecified atom stereocenters. The summed E-state index contributed by atoms with van der Waals surface area (Å²) in [6, 6.07) is 5.19. The first-order valence-corrected chi connectivity index (χ1v) is 5.19. The minimum Gasteiger partial charge on any atom is -0.493 e. The molecule has 0 heterocycles. The van der Waals surface area contributed by atoms with E-state index in [1.54, 1.807) is 24.3 Å². The van der Waals surface area contributed by atoms with E-state index in [9.17, 15) is 4.79 Å². The molecule has 0 saturated carbocycles. The Morgan fingerprint density at radius 1 is 1.53 bits per heavy atom. The van der Waals surface area contributed by atoms with Crippen LogP contribution in [0.25, 0.3) is 6.08 Å². The lowest BCUT2D eigenvalue weighted by Crippen LogP contribution is -1.93. The summed E-state index contributed by atoms with van der Waals surface area (Å²) < 4.78 is 5.36. The molecule has 0 aliphatic heterocycles. The molecule has 0 aliphatic rings. The third-order valence-corrected chi connectivity index (χ3v) is 2.03. The molecule has 4 heteroatoms. The minimum absolute atomic E-state index is 0.530. The van der Waals surface area contributed by atoms with Gasteiger partial charge < -0.3 is 4.74 Å². The number of benzene rings is 1. The van der Waals surface area contributed by atoms with Crippen LogP contribution in [0.4, 0.5) is 0 Å². The Balaban J connectivity index is 3.01. The highest BCUT2D eigenvalue weighted by molar-refractivity contribution is 6.66. The average molecular weight is 245 g/mol. The third-order valence-electron chi connectivity index (χ3n) is 1.67. The number of allylic oxidation sites excluding steroid dienone is 1. The van der Waals surface area contributed by atoms with Crippen LogP contribution in [0.15, 0.2) is 24.3 Å². The zero-order chi connectivity index (χ0) is 11.3. The second-order valence-electron chi connectivity index (χ2n) is 2.75. The van der Waals surface area contributed by atoms with E-state index in [-0.39, 0.29) is 0 Å². The van der Waals surface area contributed by atoms with Crippen LogP contribution in [-0.2, 0) is 4.79 Å². The Hall–Kier alpha value is -0.990. The van der Waals surface area contributed by atoms with Gasteiger partial charge in [0.1, 0.15) is 5.75 Å². The summed E-state index contributed by atoms with van der Waals surface area (Å²) in [7, 11) is 0. The van der Waals surface area contributed by atoms with Crippen LogP contribution in [0.3, 0.4) is 0 Å². The molecule has 0 spiro atoms. The van der Waals surface area contributed by atoms with Crippen molar-refractivity contribution < 1.29 is 9.53 Å². The molecule has 80 valence electrons. The second-order valence-corrected chi connectivity index (χ2v) is 3.56. The molecule has 0 atom stereocenters. The molecule has 0 radical (unpaired) electrons. The first-order valence-electron chi connectivity index (χ1n) is 4.43. The van der Waals surface area contributed by atoms with E-state index in [0.29, 0.717) is 17.4 Å². The van der Waals surface area contributed by atoms with Crippen molar-refractivity contribution in [3.05, 3.63) is 34.9 Å². The van der Waals surface area contributed by atoms with Gasteiger partial charge in [-0.1, -0.05) is 11.6 Å². The van der Waals surface area contributed by atoms with Crippen molar-refractivity contribution >= 4 is 34.5 Å². The van der Waals surface area contributed by atoms with E-state index >= 15 is 0 Å². The van der Waals surface area contributed by atoms with Gasteiger partial charge in [0, 0.05) is 10.6 Å². The smallest absolute Gasteiger partial charge is 0.245 e. The summed E-state index contributed by atoms with van der Waals surface area (Å²) in [4.78, 5) is 10.6. The molecular formula is C11H10Cl2O2. The molecule has 0 aromatic heterocycles. The lowest BCUT2D eigenvalue weighted by Gasteiger charge is -2.06. The summed E-state index contributed by atoms with van der Waals surface area (Å²) in [5, 5.41) is 0.0533. The molecule has 0 amide bonds. The zero-order valence-electron chi connectivity index (χ0n) is 8.17. The predicted octanol–water partition coefficient (Wildman–Crippen LogP) is 3.52. The molecule has 2 nitrogen and oxygen atoms in total. The fourth-order valence-corrected chi connectivity index (χ4v) is 1.34. The van der Waals surface area contributed by atoms with Crippen LogP contribution >= 0.6 is 23.2 Å². The van der Waals surface area contributed by atoms with Gasteiger partial charge in [-0.05, 0) is 48.9 Å². The SMILES string of the molecule is CCOc1ccc(Cl)cc1C=CC(=O)Cl. The van der Waals surface area contributed by atoms with Crippen LogP contribution in [0.5, 0.6) is 5.75 Å². The molecule has 0 N–H and O–H groups in total. The maximum atomic E-state index is 10.6. The molecule has 0 aliphatic carbocycles. The van der Waals surface area contributed by atoms with Crippen LogP contribution in [0.1, 0.15) is 12.5 Å². The molecule has 1 rings (SSSR count). The Bertz CT molecular complexity index is 386. The Kier molecular flexibility index (Phi) is 4.66. The van der Waals surface area contributed by atoms with Crippen LogP contribution in [0, 0.1) is 0 Å². The monoisotopic (exact) mass is 244 g/mol. The van der Waals surface area contributed by atoms with Crippen molar-refractivity contribution in [2.45, 2.75) is 6.92 Å². The second kappa shape index (κ2) is 5.79. The van der Waals surface area contributed by atoms with Crippen LogP contribution in [-0.4, -0.2) is 11.8 Å². The lowest BCUT2D eigenvalue weighted by molar-refractivity contribution is -0.107. The van der Waals surface area contributed by atoms with Gasteiger partial charge in [0.15, 0.2) is 0 Å². The standard InChI is InChI=1S/C11H10Cl2O2/c1-2-15-10-5-4-9(12)7-8(10)3-6-11(13)14/h3-7H,2H2,1H3. The van der Waals surface area contributed by atoms with E-state index in [4.69, 9.17) is 27.9 Å². The number of carbonyl (C=O) groups excluding carboxylic acids is 1. The molecule has 15 heavy (non-hydrogen) atoms. The largest absolute Gasteiger partial charge is 0.493 e. The van der Waals surface area contributed by atoms with Gasteiger partial charge in [0.2, 0.25) is 5.24 Å². The van der Waals surface area contributed by atoms with Crippen molar-refractivity contribution in [2.75, 3.05) is 6.61 Å². The van der Waals surface area contributed by atoms with Gasteiger partial charge >= 0.3 is 0 Å². The number of ether oxygens (including phenoxy) is 1. The highest BCUT2D eigenvalue weighted by Gasteiger charge is 2.01. The van der Waals surface area contributed by atoms with E-state index in [1.807, 2.05) is 6.92 Å². The number of carbonyl (C=O) groups is 1. The van der Waals surface area contributed by atoms with E-state index in [0.717, 1.165) is 5.56 Å². The Morgan fingerprint density at radius 2 is 2.27 bits per heavy atom. The van der Waals surface area contributed by atoms with Gasteiger partial charge in [-0.25, -0.2) is 0 Å². The van der Waals surface area contributed by atoms with E-state index in [1.165, 1.54) is 6.08 Å². The molecular weight excluding hydrogens is 235 g/mol. The van der Waals surface area contributed by atoms with Gasteiger partial charge in [-0.3, -0.25) is 4.79 Å².